The highest BCUT2D eigenvalue weighted by atomic mass is 32.1. The maximum absolute atomic E-state index is 11.9. The van der Waals surface area contributed by atoms with Crippen LogP contribution in [0.2, 0.25) is 0 Å². The number of ether oxygens (including phenoxy) is 1. The van der Waals surface area contributed by atoms with Crippen LogP contribution in [0, 0.1) is 0 Å². The van der Waals surface area contributed by atoms with Crippen LogP contribution in [-0.2, 0) is 0 Å². The van der Waals surface area contributed by atoms with Crippen molar-refractivity contribution in [3.63, 3.8) is 0 Å². The highest BCUT2D eigenvalue weighted by molar-refractivity contribution is 7.18. The van der Waals surface area contributed by atoms with Crippen LogP contribution in [0.3, 0.4) is 0 Å². The molecule has 7 heteroatoms. The van der Waals surface area contributed by atoms with E-state index in [9.17, 15) is 4.79 Å². The third kappa shape index (κ3) is 3.15. The minimum atomic E-state index is -0.351. The Kier molecular flexibility index (Phi) is 4.15. The Balaban J connectivity index is 1.76. The predicted molar refractivity (Wildman–Crippen MR) is 83.2 cm³/mol. The lowest BCUT2D eigenvalue weighted by atomic mass is 10.2. The fourth-order valence-electron chi connectivity index (χ4n) is 1.84. The minimum Gasteiger partial charge on any atom is -0.494 e. The van der Waals surface area contributed by atoms with E-state index in [1.165, 1.54) is 17.6 Å². The van der Waals surface area contributed by atoms with Crippen LogP contribution < -0.4 is 10.1 Å². The number of nitrogens with zero attached hydrogens (tertiary/aromatic N) is 2. The number of carbonyl (C=O) groups is 1. The Labute approximate surface area is 130 Å². The summed E-state index contributed by atoms with van der Waals surface area (Å²) in [5.74, 6) is 0.655. The lowest BCUT2D eigenvalue weighted by molar-refractivity contribution is 0.0996. The number of aromatic nitrogens is 2. The van der Waals surface area contributed by atoms with Crippen molar-refractivity contribution in [2.24, 2.45) is 0 Å². The van der Waals surface area contributed by atoms with E-state index in [0.717, 1.165) is 11.3 Å². The molecule has 1 N–H and O–H groups in total. The number of hydrogen-bond acceptors (Lipinski definition) is 6. The molecule has 2 aromatic heterocycles. The molecule has 0 spiro atoms. The van der Waals surface area contributed by atoms with Gasteiger partial charge in [0.25, 0.3) is 5.91 Å². The van der Waals surface area contributed by atoms with E-state index in [0.29, 0.717) is 16.7 Å². The van der Waals surface area contributed by atoms with E-state index < -0.39 is 0 Å². The van der Waals surface area contributed by atoms with Crippen molar-refractivity contribution in [2.45, 2.75) is 6.92 Å². The van der Waals surface area contributed by atoms with Crippen molar-refractivity contribution in [3.8, 4) is 16.3 Å². The Morgan fingerprint density at radius 1 is 1.32 bits per heavy atom. The Morgan fingerprint density at radius 3 is 3.00 bits per heavy atom. The molecule has 22 heavy (non-hydrogen) atoms. The lowest BCUT2D eigenvalue weighted by Gasteiger charge is -2.03. The molecule has 0 radical (unpaired) electrons. The summed E-state index contributed by atoms with van der Waals surface area (Å²) in [4.78, 5) is 11.9. The van der Waals surface area contributed by atoms with Gasteiger partial charge in [-0.1, -0.05) is 23.5 Å². The summed E-state index contributed by atoms with van der Waals surface area (Å²) in [6, 6.07) is 10.8. The largest absolute Gasteiger partial charge is 0.494 e. The molecule has 0 aliphatic carbocycles. The van der Waals surface area contributed by atoms with Crippen molar-refractivity contribution in [3.05, 3.63) is 48.4 Å². The second-order valence-electron chi connectivity index (χ2n) is 4.30. The zero-order valence-corrected chi connectivity index (χ0v) is 12.6. The molecule has 3 aromatic rings. The molecule has 1 aromatic carbocycles. The molecule has 0 aliphatic rings. The molecular weight excluding hydrogens is 302 g/mol. The van der Waals surface area contributed by atoms with Gasteiger partial charge in [0.05, 0.1) is 12.9 Å². The first-order valence-corrected chi connectivity index (χ1v) is 7.49. The van der Waals surface area contributed by atoms with Crippen LogP contribution in [0.4, 0.5) is 5.13 Å². The zero-order chi connectivity index (χ0) is 15.4. The molecule has 0 atom stereocenters. The highest BCUT2D eigenvalue weighted by Gasteiger charge is 2.13. The van der Waals surface area contributed by atoms with Gasteiger partial charge in [-0.2, -0.15) is 0 Å². The first kappa shape index (κ1) is 14.3. The fourth-order valence-corrected chi connectivity index (χ4v) is 2.58. The normalized spacial score (nSPS) is 10.4. The van der Waals surface area contributed by atoms with Crippen LogP contribution in [-0.4, -0.2) is 22.7 Å². The summed E-state index contributed by atoms with van der Waals surface area (Å²) in [6.45, 7) is 2.53. The van der Waals surface area contributed by atoms with Crippen molar-refractivity contribution < 1.29 is 13.9 Å². The number of furan rings is 1. The van der Waals surface area contributed by atoms with Gasteiger partial charge in [0, 0.05) is 5.56 Å². The molecule has 3 rings (SSSR count). The van der Waals surface area contributed by atoms with Gasteiger partial charge in [-0.3, -0.25) is 10.1 Å². The van der Waals surface area contributed by atoms with Crippen LogP contribution >= 0.6 is 11.3 Å². The Morgan fingerprint density at radius 2 is 2.23 bits per heavy atom. The van der Waals surface area contributed by atoms with E-state index in [2.05, 4.69) is 15.5 Å². The van der Waals surface area contributed by atoms with Gasteiger partial charge < -0.3 is 9.15 Å². The second kappa shape index (κ2) is 6.40. The van der Waals surface area contributed by atoms with E-state index in [1.54, 1.807) is 12.1 Å². The van der Waals surface area contributed by atoms with Crippen molar-refractivity contribution >= 4 is 22.4 Å². The lowest BCUT2D eigenvalue weighted by Crippen LogP contribution is -2.10. The molecule has 2 heterocycles. The summed E-state index contributed by atoms with van der Waals surface area (Å²) in [5, 5.41) is 11.8. The molecule has 112 valence electrons. The molecule has 0 fully saturated rings. The fraction of sp³-hybridized carbons (Fsp3) is 0.133. The number of amides is 1. The average Bonchev–Trinajstić information content (AvgIpc) is 3.19. The quantitative estimate of drug-likeness (QED) is 0.780. The number of hydrogen-bond donors (Lipinski definition) is 1. The van der Waals surface area contributed by atoms with E-state index in [1.807, 2.05) is 31.2 Å². The van der Waals surface area contributed by atoms with Gasteiger partial charge >= 0.3 is 0 Å². The molecule has 0 unspecified atom stereocenters. The number of carbonyl (C=O) groups excluding carboxylic acids is 1. The summed E-state index contributed by atoms with van der Waals surface area (Å²) < 4.78 is 10.5. The SMILES string of the molecule is CCOc1cccc(-c2nnc(NC(=O)c3ccco3)s2)c1. The average molecular weight is 315 g/mol. The van der Waals surface area contributed by atoms with E-state index >= 15 is 0 Å². The first-order chi connectivity index (χ1) is 10.8. The smallest absolute Gasteiger partial charge is 0.293 e. The Hall–Kier alpha value is -2.67. The topological polar surface area (TPSA) is 77.3 Å². The molecular formula is C15H13N3O3S. The summed E-state index contributed by atoms with van der Waals surface area (Å²) in [6.07, 6.45) is 1.44. The van der Waals surface area contributed by atoms with Crippen LogP contribution in [0.15, 0.2) is 47.1 Å². The van der Waals surface area contributed by atoms with Crippen molar-refractivity contribution in [1.82, 2.24) is 10.2 Å². The second-order valence-corrected chi connectivity index (χ2v) is 5.28. The molecule has 0 aliphatic heterocycles. The predicted octanol–water partition coefficient (Wildman–Crippen LogP) is 3.45. The third-order valence-corrected chi connectivity index (χ3v) is 3.67. The number of anilines is 1. The van der Waals surface area contributed by atoms with Crippen LogP contribution in [0.1, 0.15) is 17.5 Å². The summed E-state index contributed by atoms with van der Waals surface area (Å²) in [7, 11) is 0. The molecule has 0 saturated carbocycles. The third-order valence-electron chi connectivity index (χ3n) is 2.78. The van der Waals surface area contributed by atoms with Crippen molar-refractivity contribution in [2.75, 3.05) is 11.9 Å². The van der Waals surface area contributed by atoms with E-state index in [-0.39, 0.29) is 11.7 Å². The van der Waals surface area contributed by atoms with Gasteiger partial charge in [-0.25, -0.2) is 0 Å². The molecule has 1 amide bonds. The number of benzene rings is 1. The monoisotopic (exact) mass is 315 g/mol. The van der Waals surface area contributed by atoms with Gasteiger partial charge in [0.2, 0.25) is 5.13 Å². The van der Waals surface area contributed by atoms with Gasteiger partial charge in [0.1, 0.15) is 10.8 Å². The van der Waals surface area contributed by atoms with Crippen LogP contribution in [0.25, 0.3) is 10.6 Å². The molecule has 0 bridgehead atoms. The summed E-state index contributed by atoms with van der Waals surface area (Å²) >= 11 is 1.29. The Bertz CT molecular complexity index is 768. The molecule has 6 nitrogen and oxygen atoms in total. The zero-order valence-electron chi connectivity index (χ0n) is 11.8. The maximum Gasteiger partial charge on any atom is 0.293 e. The van der Waals surface area contributed by atoms with Gasteiger partial charge in [-0.15, -0.1) is 10.2 Å². The van der Waals surface area contributed by atoms with Crippen LogP contribution in [0.5, 0.6) is 5.75 Å². The standard InChI is InChI=1S/C15H13N3O3S/c1-2-20-11-6-3-5-10(9-11)14-17-18-15(22-14)16-13(19)12-7-4-8-21-12/h3-9H,2H2,1H3,(H,16,18,19). The van der Waals surface area contributed by atoms with Gasteiger partial charge in [-0.05, 0) is 31.2 Å². The first-order valence-electron chi connectivity index (χ1n) is 6.68. The molecule has 0 saturated heterocycles. The minimum absolute atomic E-state index is 0.232. The van der Waals surface area contributed by atoms with Gasteiger partial charge in [0.15, 0.2) is 5.76 Å². The maximum atomic E-state index is 11.9. The highest BCUT2D eigenvalue weighted by Crippen LogP contribution is 2.29. The van der Waals surface area contributed by atoms with Crippen molar-refractivity contribution in [1.29, 1.82) is 0 Å². The number of nitrogens with one attached hydrogen (secondary N) is 1. The number of rotatable bonds is 5. The van der Waals surface area contributed by atoms with E-state index in [4.69, 9.17) is 9.15 Å². The summed E-state index contributed by atoms with van der Waals surface area (Å²) in [5.41, 5.74) is 0.891.